The van der Waals surface area contributed by atoms with Crippen molar-refractivity contribution >= 4 is 15.7 Å². The van der Waals surface area contributed by atoms with Gasteiger partial charge in [0.15, 0.2) is 9.84 Å². The highest BCUT2D eigenvalue weighted by atomic mass is 32.2. The average molecular weight is 269 g/mol. The van der Waals surface area contributed by atoms with Crippen molar-refractivity contribution in [3.05, 3.63) is 29.8 Å². The van der Waals surface area contributed by atoms with Crippen LogP contribution in [-0.2, 0) is 21.1 Å². The van der Waals surface area contributed by atoms with E-state index < -0.39 is 9.84 Å². The first-order valence-electron chi connectivity index (χ1n) is 5.99. The molecule has 1 amide bonds. The SMILES string of the molecule is CCCCNC(=O)Cc1ccccc1S(C)(=O)=O. The van der Waals surface area contributed by atoms with Crippen LogP contribution in [0.2, 0.25) is 0 Å². The maximum atomic E-state index is 11.7. The average Bonchev–Trinajstić information content (AvgIpc) is 2.28. The number of unbranched alkanes of at least 4 members (excludes halogenated alkanes) is 1. The zero-order valence-corrected chi connectivity index (χ0v) is 11.6. The normalized spacial score (nSPS) is 11.2. The number of benzene rings is 1. The number of hydrogen-bond donors (Lipinski definition) is 1. The van der Waals surface area contributed by atoms with Gasteiger partial charge in [-0.25, -0.2) is 8.42 Å². The molecule has 0 aromatic heterocycles. The molecule has 100 valence electrons. The van der Waals surface area contributed by atoms with Gasteiger partial charge in [0.2, 0.25) is 5.91 Å². The molecule has 0 aliphatic rings. The maximum Gasteiger partial charge on any atom is 0.224 e. The van der Waals surface area contributed by atoms with E-state index in [1.54, 1.807) is 18.2 Å². The Morgan fingerprint density at radius 3 is 2.56 bits per heavy atom. The van der Waals surface area contributed by atoms with Crippen LogP contribution in [0.3, 0.4) is 0 Å². The fraction of sp³-hybridized carbons (Fsp3) is 0.462. The van der Waals surface area contributed by atoms with E-state index in [1.807, 2.05) is 6.92 Å². The third-order valence-electron chi connectivity index (χ3n) is 2.58. The molecule has 1 rings (SSSR count). The lowest BCUT2D eigenvalue weighted by atomic mass is 10.1. The Labute approximate surface area is 108 Å². The molecule has 4 nitrogen and oxygen atoms in total. The van der Waals surface area contributed by atoms with Crippen LogP contribution >= 0.6 is 0 Å². The first-order chi connectivity index (χ1) is 8.45. The Morgan fingerprint density at radius 1 is 1.28 bits per heavy atom. The van der Waals surface area contributed by atoms with Gasteiger partial charge >= 0.3 is 0 Å². The zero-order valence-electron chi connectivity index (χ0n) is 10.8. The fourth-order valence-electron chi connectivity index (χ4n) is 1.65. The first kappa shape index (κ1) is 14.7. The molecule has 18 heavy (non-hydrogen) atoms. The molecular formula is C13H19NO3S. The highest BCUT2D eigenvalue weighted by molar-refractivity contribution is 7.90. The van der Waals surface area contributed by atoms with Crippen LogP contribution < -0.4 is 5.32 Å². The summed E-state index contributed by atoms with van der Waals surface area (Å²) in [5.74, 6) is -0.139. The van der Waals surface area contributed by atoms with E-state index in [4.69, 9.17) is 0 Å². The monoisotopic (exact) mass is 269 g/mol. The van der Waals surface area contributed by atoms with Gasteiger partial charge in [-0.05, 0) is 18.1 Å². The topological polar surface area (TPSA) is 63.2 Å². The minimum atomic E-state index is -3.28. The number of amides is 1. The van der Waals surface area contributed by atoms with Crippen LogP contribution in [0, 0.1) is 0 Å². The van der Waals surface area contributed by atoms with Crippen molar-refractivity contribution in [1.82, 2.24) is 5.32 Å². The van der Waals surface area contributed by atoms with Gasteiger partial charge < -0.3 is 5.32 Å². The van der Waals surface area contributed by atoms with Crippen molar-refractivity contribution in [2.24, 2.45) is 0 Å². The molecule has 1 aromatic rings. The van der Waals surface area contributed by atoms with E-state index in [0.717, 1.165) is 19.1 Å². The van der Waals surface area contributed by atoms with Crippen molar-refractivity contribution < 1.29 is 13.2 Å². The third-order valence-corrected chi connectivity index (χ3v) is 3.77. The smallest absolute Gasteiger partial charge is 0.224 e. The molecule has 0 fully saturated rings. The molecular weight excluding hydrogens is 250 g/mol. The van der Waals surface area contributed by atoms with E-state index in [9.17, 15) is 13.2 Å². The summed E-state index contributed by atoms with van der Waals surface area (Å²) in [7, 11) is -3.28. The quantitative estimate of drug-likeness (QED) is 0.797. The summed E-state index contributed by atoms with van der Waals surface area (Å²) in [6.07, 6.45) is 3.20. The molecule has 0 atom stereocenters. The van der Waals surface area contributed by atoms with Crippen molar-refractivity contribution in [3.8, 4) is 0 Å². The van der Waals surface area contributed by atoms with Gasteiger partial charge in [-0.1, -0.05) is 31.5 Å². The third kappa shape index (κ3) is 4.49. The Balaban J connectivity index is 2.76. The molecule has 1 N–H and O–H groups in total. The highest BCUT2D eigenvalue weighted by Gasteiger charge is 2.14. The van der Waals surface area contributed by atoms with Crippen LogP contribution in [-0.4, -0.2) is 27.1 Å². The van der Waals surface area contributed by atoms with Gasteiger partial charge in [-0.2, -0.15) is 0 Å². The molecule has 1 aromatic carbocycles. The van der Waals surface area contributed by atoms with Crippen LogP contribution in [0.15, 0.2) is 29.2 Å². The Hall–Kier alpha value is -1.36. The van der Waals surface area contributed by atoms with Gasteiger partial charge in [-0.3, -0.25) is 4.79 Å². The van der Waals surface area contributed by atoms with Crippen molar-refractivity contribution in [2.45, 2.75) is 31.1 Å². The van der Waals surface area contributed by atoms with Gasteiger partial charge in [0.05, 0.1) is 11.3 Å². The summed E-state index contributed by atoms with van der Waals surface area (Å²) in [5.41, 5.74) is 0.550. The second-order valence-electron chi connectivity index (χ2n) is 4.26. The van der Waals surface area contributed by atoms with Crippen LogP contribution in [0.4, 0.5) is 0 Å². The lowest BCUT2D eigenvalue weighted by Crippen LogP contribution is -2.26. The van der Waals surface area contributed by atoms with E-state index in [2.05, 4.69) is 5.32 Å². The Morgan fingerprint density at radius 2 is 1.94 bits per heavy atom. The number of rotatable bonds is 6. The van der Waals surface area contributed by atoms with Gasteiger partial charge in [0.25, 0.3) is 0 Å². The molecule has 0 heterocycles. The van der Waals surface area contributed by atoms with Gasteiger partial charge in [0.1, 0.15) is 0 Å². The molecule has 0 radical (unpaired) electrons. The Bertz CT molecular complexity index is 509. The minimum Gasteiger partial charge on any atom is -0.356 e. The van der Waals surface area contributed by atoms with E-state index in [1.165, 1.54) is 6.07 Å². The van der Waals surface area contributed by atoms with Crippen molar-refractivity contribution in [3.63, 3.8) is 0 Å². The van der Waals surface area contributed by atoms with Crippen molar-refractivity contribution in [1.29, 1.82) is 0 Å². The Kier molecular flexibility index (Phi) is 5.34. The van der Waals surface area contributed by atoms with E-state index in [0.29, 0.717) is 12.1 Å². The molecule has 0 aliphatic heterocycles. The minimum absolute atomic E-state index is 0.104. The molecule has 5 heteroatoms. The van der Waals surface area contributed by atoms with Crippen LogP contribution in [0.1, 0.15) is 25.3 Å². The predicted octanol–water partition coefficient (Wildman–Crippen LogP) is 1.55. The second-order valence-corrected chi connectivity index (χ2v) is 6.24. The number of nitrogens with one attached hydrogen (secondary N) is 1. The largest absolute Gasteiger partial charge is 0.356 e. The van der Waals surface area contributed by atoms with Gasteiger partial charge in [-0.15, -0.1) is 0 Å². The summed E-state index contributed by atoms with van der Waals surface area (Å²) in [6, 6.07) is 6.61. The second kappa shape index (κ2) is 6.54. The summed E-state index contributed by atoms with van der Waals surface area (Å²) >= 11 is 0. The molecule has 0 bridgehead atoms. The number of sulfone groups is 1. The summed E-state index contributed by atoms with van der Waals surface area (Å²) < 4.78 is 23.1. The van der Waals surface area contributed by atoms with Crippen LogP contribution in [0.5, 0.6) is 0 Å². The standard InChI is InChI=1S/C13H19NO3S/c1-3-4-9-14-13(15)10-11-7-5-6-8-12(11)18(2,16)17/h5-8H,3-4,9-10H2,1-2H3,(H,14,15). The zero-order chi connectivity index (χ0) is 13.6. The summed E-state index contributed by atoms with van der Waals surface area (Å²) in [4.78, 5) is 11.9. The van der Waals surface area contributed by atoms with Crippen LogP contribution in [0.25, 0.3) is 0 Å². The molecule has 0 unspecified atom stereocenters. The lowest BCUT2D eigenvalue weighted by molar-refractivity contribution is -0.120. The number of hydrogen-bond acceptors (Lipinski definition) is 3. The lowest BCUT2D eigenvalue weighted by Gasteiger charge is -2.08. The number of carbonyl (C=O) groups excluding carboxylic acids is 1. The van der Waals surface area contributed by atoms with Gasteiger partial charge in [0, 0.05) is 12.8 Å². The molecule has 0 saturated carbocycles. The maximum absolute atomic E-state index is 11.7. The summed E-state index contributed by atoms with van der Waals surface area (Å²) in [6.45, 7) is 2.68. The predicted molar refractivity (Wildman–Crippen MR) is 71.2 cm³/mol. The van der Waals surface area contributed by atoms with Crippen molar-refractivity contribution in [2.75, 3.05) is 12.8 Å². The fourth-order valence-corrected chi connectivity index (χ4v) is 2.59. The van der Waals surface area contributed by atoms with E-state index >= 15 is 0 Å². The number of carbonyl (C=O) groups is 1. The van der Waals surface area contributed by atoms with E-state index in [-0.39, 0.29) is 17.2 Å². The molecule has 0 aliphatic carbocycles. The summed E-state index contributed by atoms with van der Waals surface area (Å²) in [5, 5.41) is 2.78. The molecule has 0 spiro atoms. The first-order valence-corrected chi connectivity index (χ1v) is 7.89. The molecule has 0 saturated heterocycles. The highest BCUT2D eigenvalue weighted by Crippen LogP contribution is 2.15.